The van der Waals surface area contributed by atoms with Gasteiger partial charge in [0.25, 0.3) is 0 Å². The Morgan fingerprint density at radius 1 is 0.913 bits per heavy atom. The predicted molar refractivity (Wildman–Crippen MR) is 258 cm³/mol. The Morgan fingerprint density at radius 2 is 1.72 bits per heavy atom. The van der Waals surface area contributed by atoms with Crippen LogP contribution in [0.25, 0.3) is 0 Å². The van der Waals surface area contributed by atoms with Crippen LogP contribution in [-0.2, 0) is 32.1 Å². The summed E-state index contributed by atoms with van der Waals surface area (Å²) >= 11 is 0. The van der Waals surface area contributed by atoms with Crippen LogP contribution >= 0.6 is 0 Å². The smallest absolute Gasteiger partial charge is 0.331 e. The molecule has 0 unspecified atom stereocenters. The summed E-state index contributed by atoms with van der Waals surface area (Å²) in [6.07, 6.45) is 18.5. The lowest BCUT2D eigenvalue weighted by Crippen LogP contribution is -2.87. The Hall–Kier alpha value is -2.62. The van der Waals surface area contributed by atoms with E-state index in [0.717, 1.165) is 86.3 Å². The average molecular weight is 946 g/mol. The fourth-order valence-corrected chi connectivity index (χ4v) is 22.1. The summed E-state index contributed by atoms with van der Waals surface area (Å²) in [6, 6.07) is 5.73. The third-order valence-corrected chi connectivity index (χ3v) is 24.7. The first-order valence-corrected chi connectivity index (χ1v) is 28.0. The van der Waals surface area contributed by atoms with Crippen LogP contribution in [-0.4, -0.2) is 92.6 Å². The molecule has 3 spiro atoms. The molecule has 13 aliphatic rings. The van der Waals surface area contributed by atoms with Gasteiger partial charge in [0.05, 0.1) is 29.8 Å². The van der Waals surface area contributed by atoms with Crippen molar-refractivity contribution in [1.29, 1.82) is 0 Å². The minimum absolute atomic E-state index is 0.0141. The molecule has 10 heteroatoms. The van der Waals surface area contributed by atoms with Gasteiger partial charge in [-0.25, -0.2) is 4.79 Å². The molecule has 10 fully saturated rings. The van der Waals surface area contributed by atoms with E-state index in [9.17, 15) is 30.3 Å². The molecule has 0 radical (unpaired) electrons. The number of hydrogen-bond acceptors (Lipinski definition) is 10. The first-order valence-electron chi connectivity index (χ1n) is 28.0. The molecule has 0 amide bonds. The van der Waals surface area contributed by atoms with Crippen LogP contribution < -0.4 is 5.32 Å². The average Bonchev–Trinajstić information content (AvgIpc) is 4.20. The van der Waals surface area contributed by atoms with Crippen molar-refractivity contribution in [1.82, 2.24) is 5.32 Å². The molecule has 9 saturated carbocycles. The van der Waals surface area contributed by atoms with E-state index in [2.05, 4.69) is 24.1 Å². The third-order valence-electron chi connectivity index (χ3n) is 24.7. The molecule has 6 N–H and O–H groups in total. The highest BCUT2D eigenvalue weighted by Gasteiger charge is 2.88. The van der Waals surface area contributed by atoms with E-state index in [4.69, 9.17) is 9.47 Å². The van der Waals surface area contributed by atoms with Crippen molar-refractivity contribution in [2.75, 3.05) is 13.7 Å². The second-order valence-corrected chi connectivity index (χ2v) is 25.9. The molecule has 374 valence electrons. The van der Waals surface area contributed by atoms with Crippen molar-refractivity contribution >= 4 is 12.3 Å². The quantitative estimate of drug-likeness (QED) is 0.102. The number of aliphatic hydroxyl groups is 5. The van der Waals surface area contributed by atoms with E-state index in [1.54, 1.807) is 6.08 Å². The summed E-state index contributed by atoms with van der Waals surface area (Å²) in [6.45, 7) is 2.92. The van der Waals surface area contributed by atoms with Gasteiger partial charge >= 0.3 is 5.97 Å². The van der Waals surface area contributed by atoms with Crippen molar-refractivity contribution in [3.05, 3.63) is 46.5 Å². The zero-order valence-electron chi connectivity index (χ0n) is 41.3. The molecule has 1 aromatic carbocycles. The Balaban J connectivity index is 1.01. The van der Waals surface area contributed by atoms with E-state index in [-0.39, 0.29) is 71.6 Å². The highest BCUT2D eigenvalue weighted by atomic mass is 16.5. The number of hydrogen-bond donors (Lipinski definition) is 6. The summed E-state index contributed by atoms with van der Waals surface area (Å²) in [4.78, 5) is 29.1. The summed E-state index contributed by atoms with van der Waals surface area (Å²) in [5.41, 5.74) is -4.98. The normalized spacial score (nSPS) is 50.5. The Morgan fingerprint density at radius 3 is 2.49 bits per heavy atom. The van der Waals surface area contributed by atoms with Crippen LogP contribution in [0.4, 0.5) is 0 Å². The zero-order chi connectivity index (χ0) is 47.5. The van der Waals surface area contributed by atoms with Crippen molar-refractivity contribution in [3.8, 4) is 11.8 Å². The Kier molecular flexibility index (Phi) is 10.7. The minimum Gasteiger partial charge on any atom is -0.454 e. The van der Waals surface area contributed by atoms with Crippen LogP contribution in [0.2, 0.25) is 0 Å². The maximum Gasteiger partial charge on any atom is 0.331 e. The lowest BCUT2D eigenvalue weighted by atomic mass is 9.31. The number of rotatable bonds is 5. The van der Waals surface area contributed by atoms with Gasteiger partial charge in [0.1, 0.15) is 23.6 Å². The molecule has 14 rings (SSSR count). The fourth-order valence-electron chi connectivity index (χ4n) is 22.1. The molecular formula is C59H79NO9. The van der Waals surface area contributed by atoms with Gasteiger partial charge in [0.2, 0.25) is 0 Å². The van der Waals surface area contributed by atoms with Crippen LogP contribution in [0.1, 0.15) is 158 Å². The lowest BCUT2D eigenvalue weighted by molar-refractivity contribution is -0.394. The third kappa shape index (κ3) is 5.61. The number of benzene rings is 1. The van der Waals surface area contributed by atoms with Gasteiger partial charge < -0.3 is 45.1 Å². The van der Waals surface area contributed by atoms with Gasteiger partial charge in [-0.1, -0.05) is 69.4 Å². The lowest BCUT2D eigenvalue weighted by Gasteiger charge is -2.76. The molecule has 0 aromatic heterocycles. The zero-order valence-corrected chi connectivity index (χ0v) is 41.3. The van der Waals surface area contributed by atoms with Gasteiger partial charge in [0.15, 0.2) is 0 Å². The van der Waals surface area contributed by atoms with Gasteiger partial charge in [-0.05, 0) is 167 Å². The van der Waals surface area contributed by atoms with E-state index in [1.165, 1.54) is 25.7 Å². The van der Waals surface area contributed by atoms with Gasteiger partial charge in [-0.2, -0.15) is 0 Å². The monoisotopic (exact) mass is 946 g/mol. The number of carbonyl (C=O) groups excluding carboxylic acids is 2. The predicted octanol–water partition coefficient (Wildman–Crippen LogP) is 7.12. The Labute approximate surface area is 409 Å². The molecule has 4 bridgehead atoms. The molecule has 2 heterocycles. The van der Waals surface area contributed by atoms with Crippen molar-refractivity contribution in [2.45, 2.75) is 196 Å². The minimum atomic E-state index is -2.16. The summed E-state index contributed by atoms with van der Waals surface area (Å²) in [5.74, 6) is 5.24. The topological polar surface area (TPSA) is 166 Å². The number of esters is 1. The number of carbonyl (C=O) groups is 2. The number of nitrogens with one attached hydrogen (secondary N) is 1. The van der Waals surface area contributed by atoms with Crippen molar-refractivity contribution < 1.29 is 44.6 Å². The highest BCUT2D eigenvalue weighted by molar-refractivity contribution is 5.86. The number of aldehydes is 1. The largest absolute Gasteiger partial charge is 0.454 e. The van der Waals surface area contributed by atoms with Gasteiger partial charge in [-0.15, -0.1) is 0 Å². The van der Waals surface area contributed by atoms with Crippen molar-refractivity contribution in [3.63, 3.8) is 0 Å². The Bertz CT molecular complexity index is 2360. The number of fused-ring (bicyclic) bond motifs is 7. The molecular weight excluding hydrogens is 867 g/mol. The number of aliphatic hydroxyl groups excluding tert-OH is 2. The summed E-state index contributed by atoms with van der Waals surface area (Å²) < 4.78 is 13.6. The first kappa shape index (κ1) is 46.2. The number of ether oxygens (including phenoxy) is 2. The maximum absolute atomic E-state index is 15.3. The standard InChI is InChI=1S/C59H79NO9/c1-34(35-10-3-4-11-35)37-15-16-44-52-56(40(19-25-68-52)17-23-53(56)20-7-8-21-53)32-55(33-62)47-18-24-54-22-6-5-12-36-13-9-14-38(31-61)41(36)28-46(60-2)42-26-39(49(54)43-29-48(63)69-50(42)43)30-57(54,65)59(47,67)51(64)45(27-37)58(44,55)66/h9,13-14,29,33-35,37,39-40,42,44-47,49-52,60-61,64-67H,3-4,6-8,10-11,15-28,30-32H2,1-2H3/t34-,37-,39-,40+,42+,44+,45+,46-,47+,49+,50-,51+,52+,54+,55-,56-,57+,58+,59+/m0/s1. The molecule has 69 heavy (non-hydrogen) atoms. The molecule has 1 saturated heterocycles. The first-order chi connectivity index (χ1) is 33.3. The number of likely N-dealkylation sites (N-methyl/N-ethyl adjacent to an activating group) is 1. The van der Waals surface area contributed by atoms with Gasteiger partial charge in [0, 0.05) is 65.2 Å². The van der Waals surface area contributed by atoms with Crippen LogP contribution in [0.3, 0.4) is 0 Å². The SMILES string of the molecule is CN[C@H]1Cc2c(cccc2CO)C#CCC[C@]23CC[C@H]4[C@@](O)([C@H](O)[C@H]5C[C@@H]([C@@H](C)C6CCCC6)CC[C@@H]6[C@H]7OCC[C@H]8CCC9(CCCC9)[C@@]87C[C@@]4(C=O)[C@@]65O)[C@@]2(O)C[C@@H]2C[C@H]1[C@@H]1OC(=O)C=C1[C@@H]23. The highest BCUT2D eigenvalue weighted by Crippen LogP contribution is 2.82. The van der Waals surface area contributed by atoms with Crippen LogP contribution in [0.15, 0.2) is 29.8 Å². The fraction of sp³-hybridized carbons (Fsp3) is 0.797. The summed E-state index contributed by atoms with van der Waals surface area (Å²) in [7, 11) is 1.94. The van der Waals surface area contributed by atoms with E-state index < -0.39 is 51.7 Å². The molecule has 19 atom stereocenters. The second kappa shape index (κ2) is 15.9. The van der Waals surface area contributed by atoms with E-state index >= 15 is 4.79 Å². The van der Waals surface area contributed by atoms with Crippen molar-refractivity contribution in [2.24, 2.45) is 80.8 Å². The van der Waals surface area contributed by atoms with E-state index in [1.807, 2.05) is 25.2 Å². The van der Waals surface area contributed by atoms with Crippen LogP contribution in [0, 0.1) is 92.7 Å². The molecule has 10 nitrogen and oxygen atoms in total. The second-order valence-electron chi connectivity index (χ2n) is 25.9. The molecule has 1 aromatic rings. The van der Waals surface area contributed by atoms with Crippen LogP contribution in [0.5, 0.6) is 0 Å². The van der Waals surface area contributed by atoms with Gasteiger partial charge in [-0.3, -0.25) is 0 Å². The molecule has 11 aliphatic carbocycles. The summed E-state index contributed by atoms with van der Waals surface area (Å²) in [5, 5.41) is 72.2. The maximum atomic E-state index is 15.3. The molecule has 2 aliphatic heterocycles. The van der Waals surface area contributed by atoms with E-state index in [0.29, 0.717) is 75.7 Å².